The van der Waals surface area contributed by atoms with E-state index in [2.05, 4.69) is 30.1 Å². The minimum atomic E-state index is -0.537. The molecule has 2 atom stereocenters. The molecule has 0 unspecified atom stereocenters. The second kappa shape index (κ2) is 4.49. The Hall–Kier alpha value is -2.08. The van der Waals surface area contributed by atoms with Crippen molar-refractivity contribution in [2.24, 2.45) is 5.92 Å². The molecule has 2 bridgehead atoms. The lowest BCUT2D eigenvalue weighted by molar-refractivity contribution is 0.390. The second-order valence-corrected chi connectivity index (χ2v) is 5.61. The van der Waals surface area contributed by atoms with E-state index in [0.717, 1.165) is 24.1 Å². The SMILES string of the molecule is CC=C1[C@H]2C=C(C)C[C@]1(C#N)c1ccc(OC)nc1C2. The third-order valence-electron chi connectivity index (χ3n) is 4.45. The van der Waals surface area contributed by atoms with Crippen LogP contribution in [0.1, 0.15) is 31.5 Å². The van der Waals surface area contributed by atoms with Gasteiger partial charge in [-0.3, -0.25) is 0 Å². The van der Waals surface area contributed by atoms with Gasteiger partial charge in [0.25, 0.3) is 0 Å². The fourth-order valence-corrected chi connectivity index (χ4v) is 3.72. The minimum Gasteiger partial charge on any atom is -0.481 e. The third kappa shape index (κ3) is 1.61. The smallest absolute Gasteiger partial charge is 0.213 e. The second-order valence-electron chi connectivity index (χ2n) is 5.61. The van der Waals surface area contributed by atoms with Crippen molar-refractivity contribution in [1.82, 2.24) is 4.98 Å². The Balaban J connectivity index is 2.27. The van der Waals surface area contributed by atoms with Crippen molar-refractivity contribution in [1.29, 1.82) is 5.26 Å². The van der Waals surface area contributed by atoms with E-state index >= 15 is 0 Å². The van der Waals surface area contributed by atoms with Gasteiger partial charge in [0.1, 0.15) is 5.41 Å². The molecule has 2 aliphatic rings. The van der Waals surface area contributed by atoms with Gasteiger partial charge in [0, 0.05) is 18.4 Å². The maximum Gasteiger partial charge on any atom is 0.213 e. The summed E-state index contributed by atoms with van der Waals surface area (Å²) in [6.45, 7) is 4.15. The molecule has 0 saturated heterocycles. The summed E-state index contributed by atoms with van der Waals surface area (Å²) >= 11 is 0. The number of nitriles is 1. The van der Waals surface area contributed by atoms with E-state index < -0.39 is 5.41 Å². The van der Waals surface area contributed by atoms with Gasteiger partial charge in [0.15, 0.2) is 0 Å². The molecule has 1 heterocycles. The van der Waals surface area contributed by atoms with Gasteiger partial charge in [-0.2, -0.15) is 5.26 Å². The van der Waals surface area contributed by atoms with Crippen LogP contribution in [0.3, 0.4) is 0 Å². The number of fused-ring (bicyclic) bond motifs is 4. The average Bonchev–Trinajstić information content (AvgIpc) is 2.45. The number of rotatable bonds is 1. The summed E-state index contributed by atoms with van der Waals surface area (Å²) in [4.78, 5) is 4.57. The van der Waals surface area contributed by atoms with Gasteiger partial charge in [0.2, 0.25) is 5.88 Å². The van der Waals surface area contributed by atoms with E-state index in [0.29, 0.717) is 11.8 Å². The van der Waals surface area contributed by atoms with Crippen LogP contribution in [0.15, 0.2) is 35.4 Å². The monoisotopic (exact) mass is 266 g/mol. The Morgan fingerprint density at radius 2 is 2.30 bits per heavy atom. The first-order valence-electron chi connectivity index (χ1n) is 6.94. The largest absolute Gasteiger partial charge is 0.481 e. The van der Waals surface area contributed by atoms with Crippen molar-refractivity contribution in [2.45, 2.75) is 32.1 Å². The van der Waals surface area contributed by atoms with Crippen molar-refractivity contribution in [3.63, 3.8) is 0 Å². The number of hydrogen-bond acceptors (Lipinski definition) is 3. The van der Waals surface area contributed by atoms with Crippen LogP contribution < -0.4 is 4.74 Å². The molecule has 0 aliphatic heterocycles. The molecule has 0 saturated carbocycles. The Bertz CT molecular complexity index is 666. The summed E-state index contributed by atoms with van der Waals surface area (Å²) in [6, 6.07) is 6.46. The molecular weight excluding hydrogens is 248 g/mol. The van der Waals surface area contributed by atoms with Crippen LogP contribution in [0.4, 0.5) is 0 Å². The van der Waals surface area contributed by atoms with Crippen molar-refractivity contribution in [2.75, 3.05) is 7.11 Å². The lowest BCUT2D eigenvalue weighted by Crippen LogP contribution is -2.39. The van der Waals surface area contributed by atoms with E-state index in [-0.39, 0.29) is 0 Å². The van der Waals surface area contributed by atoms with Crippen LogP contribution in [0.5, 0.6) is 5.88 Å². The van der Waals surface area contributed by atoms with Crippen LogP contribution in [-0.4, -0.2) is 12.1 Å². The molecule has 1 aromatic heterocycles. The molecule has 3 nitrogen and oxygen atoms in total. The molecule has 0 aromatic carbocycles. The van der Waals surface area contributed by atoms with Gasteiger partial charge in [-0.05, 0) is 37.5 Å². The number of ether oxygens (including phenoxy) is 1. The zero-order valence-electron chi connectivity index (χ0n) is 12.1. The molecule has 20 heavy (non-hydrogen) atoms. The molecule has 1 aromatic rings. The summed E-state index contributed by atoms with van der Waals surface area (Å²) in [5, 5.41) is 9.91. The quantitative estimate of drug-likeness (QED) is 0.732. The summed E-state index contributed by atoms with van der Waals surface area (Å²) < 4.78 is 5.22. The van der Waals surface area contributed by atoms with Gasteiger partial charge in [-0.25, -0.2) is 4.98 Å². The number of pyridine rings is 1. The highest BCUT2D eigenvalue weighted by atomic mass is 16.5. The van der Waals surface area contributed by atoms with Crippen molar-refractivity contribution < 1.29 is 4.74 Å². The lowest BCUT2D eigenvalue weighted by Gasteiger charge is -2.43. The highest BCUT2D eigenvalue weighted by molar-refractivity contribution is 5.55. The van der Waals surface area contributed by atoms with Crippen molar-refractivity contribution in [3.05, 3.63) is 46.7 Å². The zero-order chi connectivity index (χ0) is 14.3. The van der Waals surface area contributed by atoms with E-state index in [4.69, 9.17) is 4.74 Å². The molecule has 0 spiro atoms. The summed E-state index contributed by atoms with van der Waals surface area (Å²) in [5.41, 5.74) is 4.04. The molecule has 3 rings (SSSR count). The Labute approximate surface area is 119 Å². The number of nitrogens with zero attached hydrogens (tertiary/aromatic N) is 2. The first-order chi connectivity index (χ1) is 9.64. The number of methoxy groups -OCH3 is 1. The molecule has 0 N–H and O–H groups in total. The normalized spacial score (nSPS) is 29.4. The first kappa shape index (κ1) is 12.9. The van der Waals surface area contributed by atoms with Crippen LogP contribution >= 0.6 is 0 Å². The van der Waals surface area contributed by atoms with E-state index in [1.165, 1.54) is 11.1 Å². The highest BCUT2D eigenvalue weighted by Crippen LogP contribution is 2.51. The van der Waals surface area contributed by atoms with Crippen LogP contribution in [0.25, 0.3) is 0 Å². The minimum absolute atomic E-state index is 0.292. The predicted octanol–water partition coefficient (Wildman–Crippen LogP) is 3.32. The predicted molar refractivity (Wildman–Crippen MR) is 77.4 cm³/mol. The van der Waals surface area contributed by atoms with Gasteiger partial charge < -0.3 is 4.74 Å². The maximum absolute atomic E-state index is 9.91. The number of aromatic nitrogens is 1. The van der Waals surface area contributed by atoms with E-state index in [1.807, 2.05) is 19.1 Å². The molecule has 102 valence electrons. The number of hydrogen-bond donors (Lipinski definition) is 0. The fourth-order valence-electron chi connectivity index (χ4n) is 3.72. The lowest BCUT2D eigenvalue weighted by atomic mass is 9.59. The van der Waals surface area contributed by atoms with E-state index in [9.17, 15) is 5.26 Å². The molecule has 0 fully saturated rings. The molecular formula is C17H18N2O. The van der Waals surface area contributed by atoms with Gasteiger partial charge >= 0.3 is 0 Å². The standard InChI is InChI=1S/C17H18N2O/c1-4-13-12-7-11(2)9-17(13,10-18)14-5-6-16(20-3)19-15(14)8-12/h4-7,12H,8-9H2,1-3H3/t12-,17+/m0/s1. The van der Waals surface area contributed by atoms with Gasteiger partial charge in [-0.15, -0.1) is 0 Å². The van der Waals surface area contributed by atoms with Crippen LogP contribution in [0, 0.1) is 17.2 Å². The highest BCUT2D eigenvalue weighted by Gasteiger charge is 2.47. The first-order valence-corrected chi connectivity index (χ1v) is 6.94. The van der Waals surface area contributed by atoms with Crippen molar-refractivity contribution in [3.8, 4) is 11.9 Å². The fraction of sp³-hybridized carbons (Fsp3) is 0.412. The summed E-state index contributed by atoms with van der Waals surface area (Å²) in [7, 11) is 1.62. The molecule has 2 aliphatic carbocycles. The zero-order valence-corrected chi connectivity index (χ0v) is 12.1. The topological polar surface area (TPSA) is 45.9 Å². The Morgan fingerprint density at radius 3 is 2.95 bits per heavy atom. The average molecular weight is 266 g/mol. The summed E-state index contributed by atoms with van der Waals surface area (Å²) in [5.74, 6) is 0.917. The number of allylic oxidation sites excluding steroid dienone is 4. The van der Waals surface area contributed by atoms with Crippen LogP contribution in [0.2, 0.25) is 0 Å². The van der Waals surface area contributed by atoms with Crippen molar-refractivity contribution >= 4 is 0 Å². The Morgan fingerprint density at radius 1 is 1.50 bits per heavy atom. The van der Waals surface area contributed by atoms with Gasteiger partial charge in [0.05, 0.1) is 18.9 Å². The Kier molecular flexibility index (Phi) is 2.90. The van der Waals surface area contributed by atoms with E-state index in [1.54, 1.807) is 7.11 Å². The third-order valence-corrected chi connectivity index (χ3v) is 4.45. The van der Waals surface area contributed by atoms with Crippen LogP contribution in [-0.2, 0) is 11.8 Å². The molecule has 0 radical (unpaired) electrons. The summed E-state index contributed by atoms with van der Waals surface area (Å²) in [6.07, 6.45) is 6.02. The molecule has 0 amide bonds. The maximum atomic E-state index is 9.91. The van der Waals surface area contributed by atoms with Gasteiger partial charge in [-0.1, -0.05) is 17.7 Å². The molecule has 3 heteroatoms.